The number of likely N-dealkylation sites (N-methyl/N-ethyl adjacent to an activating group) is 1. The van der Waals surface area contributed by atoms with Crippen LogP contribution in [0.1, 0.15) is 34.1 Å². The van der Waals surface area contributed by atoms with Gasteiger partial charge < -0.3 is 15.0 Å². The molecule has 1 N–H and O–H groups in total. The van der Waals surface area contributed by atoms with Crippen LogP contribution in [0.3, 0.4) is 0 Å². The zero-order valence-corrected chi connectivity index (χ0v) is 17.4. The minimum absolute atomic E-state index is 0.167. The standard InChI is InChI=1S/C18H21ClN4O3S/c1-10-6-13(9-26-21-12(3)15-8-16(19)23-27-15)14(7-11(10)2)17(22-25-5)18(24)20-4/h6-8H,9H2,1-5H3,(H,20,24)/b21-12+,22-17+. The number of rotatable bonds is 7. The second-order valence-electron chi connectivity index (χ2n) is 5.76. The van der Waals surface area contributed by atoms with Crippen molar-refractivity contribution in [3.8, 4) is 0 Å². The number of carbonyl (C=O) groups excluding carboxylic acids is 1. The largest absolute Gasteiger partial charge is 0.398 e. The Labute approximate surface area is 167 Å². The van der Waals surface area contributed by atoms with Crippen molar-refractivity contribution in [1.82, 2.24) is 9.69 Å². The lowest BCUT2D eigenvalue weighted by atomic mass is 9.96. The number of carbonyl (C=O) groups is 1. The van der Waals surface area contributed by atoms with Gasteiger partial charge in [-0.05, 0) is 55.6 Å². The Morgan fingerprint density at radius 1 is 1.26 bits per heavy atom. The summed E-state index contributed by atoms with van der Waals surface area (Å²) in [5.41, 5.74) is 4.35. The SMILES string of the molecule is CNC(=O)/C(=N/OC)c1cc(C)c(C)cc1CO/N=C(\C)c1cc(Cl)ns1. The van der Waals surface area contributed by atoms with Crippen molar-refractivity contribution in [2.24, 2.45) is 10.3 Å². The summed E-state index contributed by atoms with van der Waals surface area (Å²) in [6, 6.07) is 5.57. The zero-order valence-electron chi connectivity index (χ0n) is 15.8. The van der Waals surface area contributed by atoms with Crippen LogP contribution >= 0.6 is 23.1 Å². The maximum Gasteiger partial charge on any atom is 0.273 e. The highest BCUT2D eigenvalue weighted by molar-refractivity contribution is 7.08. The molecule has 2 rings (SSSR count). The van der Waals surface area contributed by atoms with E-state index >= 15 is 0 Å². The summed E-state index contributed by atoms with van der Waals surface area (Å²) in [4.78, 5) is 23.4. The van der Waals surface area contributed by atoms with Gasteiger partial charge in [0, 0.05) is 18.2 Å². The maximum atomic E-state index is 12.2. The smallest absolute Gasteiger partial charge is 0.273 e. The lowest BCUT2D eigenvalue weighted by molar-refractivity contribution is -0.114. The fraction of sp³-hybridized carbons (Fsp3) is 0.333. The van der Waals surface area contributed by atoms with Crippen LogP contribution in [0.5, 0.6) is 0 Å². The van der Waals surface area contributed by atoms with Crippen LogP contribution in [0.25, 0.3) is 0 Å². The molecule has 0 unspecified atom stereocenters. The molecule has 0 aliphatic rings. The number of hydrogen-bond acceptors (Lipinski definition) is 7. The van der Waals surface area contributed by atoms with Crippen molar-refractivity contribution in [3.05, 3.63) is 50.5 Å². The molecule has 27 heavy (non-hydrogen) atoms. The molecule has 1 amide bonds. The lowest BCUT2D eigenvalue weighted by Gasteiger charge is -2.13. The lowest BCUT2D eigenvalue weighted by Crippen LogP contribution is -2.29. The van der Waals surface area contributed by atoms with Gasteiger partial charge in [-0.25, -0.2) is 0 Å². The number of halogens is 1. The molecule has 9 heteroatoms. The maximum absolute atomic E-state index is 12.2. The number of nitrogens with one attached hydrogen (secondary N) is 1. The topological polar surface area (TPSA) is 85.2 Å². The van der Waals surface area contributed by atoms with Crippen LogP contribution in [-0.4, -0.2) is 35.9 Å². The van der Waals surface area contributed by atoms with E-state index in [0.29, 0.717) is 16.4 Å². The number of hydrogen-bond donors (Lipinski definition) is 1. The van der Waals surface area contributed by atoms with Crippen molar-refractivity contribution in [1.29, 1.82) is 0 Å². The molecule has 0 saturated carbocycles. The predicted octanol–water partition coefficient (Wildman–Crippen LogP) is 3.45. The highest BCUT2D eigenvalue weighted by Crippen LogP contribution is 2.20. The first-order valence-corrected chi connectivity index (χ1v) is 9.25. The van der Waals surface area contributed by atoms with Gasteiger partial charge in [0.2, 0.25) is 0 Å². The third-order valence-electron chi connectivity index (χ3n) is 3.86. The molecule has 0 radical (unpaired) electrons. The van der Waals surface area contributed by atoms with Crippen LogP contribution in [-0.2, 0) is 21.1 Å². The molecule has 0 spiro atoms. The zero-order chi connectivity index (χ0) is 20.0. The summed E-state index contributed by atoms with van der Waals surface area (Å²) in [6.07, 6.45) is 0. The van der Waals surface area contributed by atoms with E-state index < -0.39 is 0 Å². The van der Waals surface area contributed by atoms with Gasteiger partial charge in [-0.2, -0.15) is 4.37 Å². The molecular formula is C18H21ClN4O3S. The average Bonchev–Trinajstić information content (AvgIpc) is 3.08. The molecule has 1 heterocycles. The number of nitrogens with zero attached hydrogens (tertiary/aromatic N) is 3. The van der Waals surface area contributed by atoms with Crippen molar-refractivity contribution in [3.63, 3.8) is 0 Å². The average molecular weight is 409 g/mol. The van der Waals surface area contributed by atoms with E-state index in [4.69, 9.17) is 21.3 Å². The van der Waals surface area contributed by atoms with Crippen LogP contribution in [0.2, 0.25) is 5.15 Å². The van der Waals surface area contributed by atoms with E-state index in [2.05, 4.69) is 20.0 Å². The normalized spacial score (nSPS) is 12.1. The Morgan fingerprint density at radius 3 is 2.56 bits per heavy atom. The molecule has 0 fully saturated rings. The Morgan fingerprint density at radius 2 is 1.96 bits per heavy atom. The monoisotopic (exact) mass is 408 g/mol. The van der Waals surface area contributed by atoms with Crippen molar-refractivity contribution >= 4 is 40.5 Å². The van der Waals surface area contributed by atoms with E-state index in [-0.39, 0.29) is 18.2 Å². The van der Waals surface area contributed by atoms with E-state index in [1.54, 1.807) is 13.1 Å². The van der Waals surface area contributed by atoms with Crippen LogP contribution in [0.15, 0.2) is 28.5 Å². The number of oxime groups is 2. The molecule has 0 saturated heterocycles. The predicted molar refractivity (Wildman–Crippen MR) is 108 cm³/mol. The quantitative estimate of drug-likeness (QED) is 0.561. The van der Waals surface area contributed by atoms with Gasteiger partial charge in [-0.3, -0.25) is 4.79 Å². The molecule has 0 aliphatic heterocycles. The second kappa shape index (κ2) is 9.48. The minimum Gasteiger partial charge on any atom is -0.398 e. The molecule has 0 aliphatic carbocycles. The molecule has 144 valence electrons. The molecule has 2 aromatic rings. The molecule has 0 bridgehead atoms. The summed E-state index contributed by atoms with van der Waals surface area (Å²) >= 11 is 7.08. The summed E-state index contributed by atoms with van der Waals surface area (Å²) in [5, 5.41) is 11.0. The van der Waals surface area contributed by atoms with Crippen LogP contribution in [0, 0.1) is 13.8 Å². The van der Waals surface area contributed by atoms with Crippen LogP contribution in [0.4, 0.5) is 0 Å². The summed E-state index contributed by atoms with van der Waals surface area (Å²) in [5.74, 6) is -0.347. The fourth-order valence-electron chi connectivity index (χ4n) is 2.31. The Kier molecular flexibility index (Phi) is 7.32. The first kappa shape index (κ1) is 20.9. The first-order chi connectivity index (χ1) is 12.9. The third-order valence-corrected chi connectivity index (χ3v) is 5.05. The number of benzene rings is 1. The number of aromatic nitrogens is 1. The van der Waals surface area contributed by atoms with Gasteiger partial charge in [0.1, 0.15) is 18.9 Å². The molecular weight excluding hydrogens is 388 g/mol. The summed E-state index contributed by atoms with van der Waals surface area (Å²) < 4.78 is 4.01. The Bertz CT molecular complexity index is 893. The van der Waals surface area contributed by atoms with Gasteiger partial charge in [0.05, 0.1) is 10.6 Å². The Balaban J connectivity index is 2.31. The van der Waals surface area contributed by atoms with Gasteiger partial charge in [-0.15, -0.1) is 0 Å². The summed E-state index contributed by atoms with van der Waals surface area (Å²) in [7, 11) is 2.94. The molecule has 1 aromatic carbocycles. The number of amides is 1. The minimum atomic E-state index is -0.347. The van der Waals surface area contributed by atoms with Crippen molar-refractivity contribution < 1.29 is 14.5 Å². The molecule has 1 aromatic heterocycles. The number of aryl methyl sites for hydroxylation is 2. The van der Waals surface area contributed by atoms with E-state index in [9.17, 15) is 4.79 Å². The van der Waals surface area contributed by atoms with Crippen LogP contribution < -0.4 is 5.32 Å². The third kappa shape index (κ3) is 5.27. The summed E-state index contributed by atoms with van der Waals surface area (Å²) in [6.45, 7) is 5.94. The highest BCUT2D eigenvalue weighted by atomic mass is 35.5. The van der Waals surface area contributed by atoms with E-state index in [1.165, 1.54) is 18.6 Å². The highest BCUT2D eigenvalue weighted by Gasteiger charge is 2.19. The molecule has 7 nitrogen and oxygen atoms in total. The molecule has 0 atom stereocenters. The van der Waals surface area contributed by atoms with Gasteiger partial charge in [-0.1, -0.05) is 28.0 Å². The fourth-order valence-corrected chi connectivity index (χ4v) is 3.16. The van der Waals surface area contributed by atoms with Crippen molar-refractivity contribution in [2.45, 2.75) is 27.4 Å². The van der Waals surface area contributed by atoms with E-state index in [0.717, 1.165) is 21.6 Å². The Hall–Kier alpha value is -2.45. The van der Waals surface area contributed by atoms with Gasteiger partial charge >= 0.3 is 0 Å². The van der Waals surface area contributed by atoms with Crippen molar-refractivity contribution in [2.75, 3.05) is 14.2 Å². The first-order valence-electron chi connectivity index (χ1n) is 8.10. The van der Waals surface area contributed by atoms with Gasteiger partial charge in [0.15, 0.2) is 5.71 Å². The van der Waals surface area contributed by atoms with Gasteiger partial charge in [0.25, 0.3) is 5.91 Å². The second-order valence-corrected chi connectivity index (χ2v) is 6.95. The van der Waals surface area contributed by atoms with E-state index in [1.807, 2.05) is 32.9 Å².